The third-order valence-electron chi connectivity index (χ3n) is 13.4. The minimum atomic E-state index is 0.241. The third-order valence-corrected chi connectivity index (χ3v) is 13.4. The molecule has 0 fully saturated rings. The highest BCUT2D eigenvalue weighted by atomic mass is 15.0. The molecular formula is C60H41N3. The highest BCUT2D eigenvalue weighted by molar-refractivity contribution is 6.11. The molecule has 1 aliphatic carbocycles. The van der Waals surface area contributed by atoms with Gasteiger partial charge in [-0.05, 0) is 95.4 Å². The average Bonchev–Trinajstić information content (AvgIpc) is 3.99. The molecule has 3 heteroatoms. The summed E-state index contributed by atoms with van der Waals surface area (Å²) >= 11 is 0. The number of fused-ring (bicyclic) bond motifs is 9. The van der Waals surface area contributed by atoms with Gasteiger partial charge < -0.3 is 13.7 Å². The van der Waals surface area contributed by atoms with Crippen LogP contribution in [0.2, 0.25) is 0 Å². The van der Waals surface area contributed by atoms with Gasteiger partial charge in [-0.3, -0.25) is 0 Å². The topological polar surface area (TPSA) is 14.8 Å². The molecule has 0 aliphatic heterocycles. The molecule has 9 aromatic carbocycles. The SMILES string of the molecule is C1=CC(c2ccc3c(c2)c2ccccc2n3-c2ccccc2-c2ccccc2)Cc2c1n(-c1ccc3c(c1)c1ccccc1n3-c1ccccc1-c1ccccc1)c1ccccc21. The minimum absolute atomic E-state index is 0.241. The first-order valence-corrected chi connectivity index (χ1v) is 22.0. The Morgan fingerprint density at radius 3 is 1.41 bits per heavy atom. The molecule has 1 aliphatic rings. The largest absolute Gasteiger partial charge is 0.310 e. The maximum Gasteiger partial charge on any atom is 0.0542 e. The Morgan fingerprint density at radius 2 is 0.810 bits per heavy atom. The first-order valence-electron chi connectivity index (χ1n) is 22.0. The maximum atomic E-state index is 2.49. The zero-order chi connectivity index (χ0) is 41.4. The quantitative estimate of drug-likeness (QED) is 0.159. The Morgan fingerprint density at radius 1 is 0.349 bits per heavy atom. The van der Waals surface area contributed by atoms with E-state index in [-0.39, 0.29) is 5.92 Å². The molecule has 0 saturated heterocycles. The lowest BCUT2D eigenvalue weighted by molar-refractivity contribution is 0.826. The summed E-state index contributed by atoms with van der Waals surface area (Å²) in [5, 5.41) is 6.37. The summed E-state index contributed by atoms with van der Waals surface area (Å²) in [5.41, 5.74) is 18.5. The van der Waals surface area contributed by atoms with E-state index in [1.807, 2.05) is 0 Å². The average molecular weight is 804 g/mol. The van der Waals surface area contributed by atoms with Gasteiger partial charge in [-0.25, -0.2) is 0 Å². The number of aromatic nitrogens is 3. The number of hydrogen-bond donors (Lipinski definition) is 0. The summed E-state index contributed by atoms with van der Waals surface area (Å²) in [6.45, 7) is 0. The predicted molar refractivity (Wildman–Crippen MR) is 265 cm³/mol. The van der Waals surface area contributed by atoms with Crippen LogP contribution in [0.4, 0.5) is 0 Å². The van der Waals surface area contributed by atoms with Crippen LogP contribution < -0.4 is 0 Å². The van der Waals surface area contributed by atoms with Gasteiger partial charge in [0.05, 0.1) is 39.0 Å². The van der Waals surface area contributed by atoms with Gasteiger partial charge in [0.25, 0.3) is 0 Å². The molecular weight excluding hydrogens is 763 g/mol. The van der Waals surface area contributed by atoms with E-state index in [0.717, 1.165) is 6.42 Å². The lowest BCUT2D eigenvalue weighted by atomic mass is 9.86. The summed E-state index contributed by atoms with van der Waals surface area (Å²) in [4.78, 5) is 0. The van der Waals surface area contributed by atoms with Gasteiger partial charge in [-0.1, -0.05) is 164 Å². The van der Waals surface area contributed by atoms with Gasteiger partial charge in [-0.2, -0.15) is 0 Å². The molecule has 3 aromatic heterocycles. The normalized spacial score (nSPS) is 13.7. The van der Waals surface area contributed by atoms with Crippen LogP contribution in [-0.4, -0.2) is 13.7 Å². The van der Waals surface area contributed by atoms with Crippen LogP contribution in [-0.2, 0) is 6.42 Å². The Balaban J connectivity index is 0.927. The van der Waals surface area contributed by atoms with E-state index in [0.29, 0.717) is 0 Å². The molecule has 1 unspecified atom stereocenters. The molecule has 0 bridgehead atoms. The first-order chi connectivity index (χ1) is 31.3. The molecule has 12 aromatic rings. The van der Waals surface area contributed by atoms with Crippen LogP contribution >= 0.6 is 0 Å². The van der Waals surface area contributed by atoms with Crippen molar-refractivity contribution in [2.24, 2.45) is 0 Å². The Kier molecular flexibility index (Phi) is 8.04. The van der Waals surface area contributed by atoms with Gasteiger partial charge >= 0.3 is 0 Å². The van der Waals surface area contributed by atoms with E-state index in [1.165, 1.54) is 111 Å². The lowest BCUT2D eigenvalue weighted by Crippen LogP contribution is -2.07. The fourth-order valence-electron chi connectivity index (χ4n) is 10.6. The third kappa shape index (κ3) is 5.53. The molecule has 3 nitrogen and oxygen atoms in total. The van der Waals surface area contributed by atoms with Crippen LogP contribution in [0.1, 0.15) is 22.7 Å². The minimum Gasteiger partial charge on any atom is -0.310 e. The molecule has 0 spiro atoms. The molecule has 0 saturated carbocycles. The number of rotatable bonds is 6. The van der Waals surface area contributed by atoms with Crippen molar-refractivity contribution in [1.29, 1.82) is 0 Å². The van der Waals surface area contributed by atoms with Crippen molar-refractivity contribution in [3.05, 3.63) is 241 Å². The predicted octanol–water partition coefficient (Wildman–Crippen LogP) is 15.5. The molecule has 63 heavy (non-hydrogen) atoms. The van der Waals surface area contributed by atoms with Gasteiger partial charge in [0, 0.05) is 55.4 Å². The second-order valence-corrected chi connectivity index (χ2v) is 16.8. The molecule has 296 valence electrons. The number of allylic oxidation sites excluding steroid dienone is 1. The summed E-state index contributed by atoms with van der Waals surface area (Å²) in [5.74, 6) is 0.241. The van der Waals surface area contributed by atoms with E-state index in [9.17, 15) is 0 Å². The Hall–Kier alpha value is -8.14. The second kappa shape index (κ2) is 14.2. The summed E-state index contributed by atoms with van der Waals surface area (Å²) in [6.07, 6.45) is 5.75. The monoisotopic (exact) mass is 803 g/mol. The standard InChI is InChI=1S/C60H41N3/c1-3-17-40(18-4-1)45-21-7-12-26-53(45)62-56-29-15-10-24-48(56)51-38-43(32-35-59(51)62)42-31-34-58-50(37-42)47-23-9-14-28-55(47)61(58)44-33-36-60-52(39-44)49-25-11-16-30-57(49)63(60)54-27-13-8-22-46(54)41-19-5-2-6-20-41/h1-36,38-39,42H,37H2. The Labute approximate surface area is 365 Å². The van der Waals surface area contributed by atoms with Crippen LogP contribution in [0.3, 0.4) is 0 Å². The van der Waals surface area contributed by atoms with Crippen molar-refractivity contribution in [2.75, 3.05) is 0 Å². The fraction of sp³-hybridized carbons (Fsp3) is 0.0333. The van der Waals surface area contributed by atoms with Gasteiger partial charge in [-0.15, -0.1) is 0 Å². The van der Waals surface area contributed by atoms with Crippen molar-refractivity contribution in [2.45, 2.75) is 12.3 Å². The highest BCUT2D eigenvalue weighted by Gasteiger charge is 2.26. The summed E-state index contributed by atoms with van der Waals surface area (Å²) in [6, 6.07) is 79.9. The molecule has 0 amide bonds. The van der Waals surface area contributed by atoms with Gasteiger partial charge in [0.2, 0.25) is 0 Å². The smallest absolute Gasteiger partial charge is 0.0542 e. The van der Waals surface area contributed by atoms with Crippen LogP contribution in [0, 0.1) is 0 Å². The van der Waals surface area contributed by atoms with E-state index in [1.54, 1.807) is 0 Å². The summed E-state index contributed by atoms with van der Waals surface area (Å²) in [7, 11) is 0. The maximum absolute atomic E-state index is 2.49. The number of para-hydroxylation sites is 5. The lowest BCUT2D eigenvalue weighted by Gasteiger charge is -2.20. The molecule has 0 N–H and O–H groups in total. The van der Waals surface area contributed by atoms with Crippen LogP contribution in [0.15, 0.2) is 224 Å². The van der Waals surface area contributed by atoms with Gasteiger partial charge in [0.15, 0.2) is 0 Å². The van der Waals surface area contributed by atoms with E-state index in [4.69, 9.17) is 0 Å². The van der Waals surface area contributed by atoms with Crippen molar-refractivity contribution < 1.29 is 0 Å². The van der Waals surface area contributed by atoms with Crippen molar-refractivity contribution >= 4 is 60.6 Å². The summed E-state index contributed by atoms with van der Waals surface area (Å²) < 4.78 is 7.39. The van der Waals surface area contributed by atoms with Crippen LogP contribution in [0.5, 0.6) is 0 Å². The van der Waals surface area contributed by atoms with Crippen LogP contribution in [0.25, 0.3) is 99.9 Å². The van der Waals surface area contributed by atoms with Gasteiger partial charge in [0.1, 0.15) is 0 Å². The molecule has 1 atom stereocenters. The highest BCUT2D eigenvalue weighted by Crippen LogP contribution is 2.43. The zero-order valence-electron chi connectivity index (χ0n) is 34.6. The molecule has 0 radical (unpaired) electrons. The zero-order valence-corrected chi connectivity index (χ0v) is 34.6. The Bertz CT molecular complexity index is 3770. The number of nitrogens with zero attached hydrogens (tertiary/aromatic N) is 3. The van der Waals surface area contributed by atoms with E-state index in [2.05, 4.69) is 244 Å². The van der Waals surface area contributed by atoms with Crippen molar-refractivity contribution in [3.63, 3.8) is 0 Å². The van der Waals surface area contributed by atoms with E-state index >= 15 is 0 Å². The molecule has 3 heterocycles. The number of hydrogen-bond acceptors (Lipinski definition) is 0. The number of benzene rings is 9. The fourth-order valence-corrected chi connectivity index (χ4v) is 10.6. The second-order valence-electron chi connectivity index (χ2n) is 16.8. The van der Waals surface area contributed by atoms with Crippen molar-refractivity contribution in [3.8, 4) is 39.3 Å². The first kappa shape index (κ1) is 35.6. The van der Waals surface area contributed by atoms with Crippen molar-refractivity contribution in [1.82, 2.24) is 13.7 Å². The molecule has 13 rings (SSSR count). The van der Waals surface area contributed by atoms with E-state index < -0.39 is 0 Å².